The Bertz CT molecular complexity index is 480. The molecular weight excluding hydrogens is 280 g/mol. The molecule has 3 rings (SSSR count). The summed E-state index contributed by atoms with van der Waals surface area (Å²) >= 11 is 0. The third kappa shape index (κ3) is 3.66. The lowest BCUT2D eigenvalue weighted by Gasteiger charge is -2.36. The molecule has 2 aliphatic heterocycles. The first-order chi connectivity index (χ1) is 10.7. The van der Waals surface area contributed by atoms with E-state index >= 15 is 0 Å². The van der Waals surface area contributed by atoms with Gasteiger partial charge in [0.15, 0.2) is 0 Å². The molecule has 1 amide bonds. The van der Waals surface area contributed by atoms with Gasteiger partial charge in [0.05, 0.1) is 18.6 Å². The zero-order valence-corrected chi connectivity index (χ0v) is 12.9. The largest absolute Gasteiger partial charge is 0.387 e. The second kappa shape index (κ2) is 7.22. The summed E-state index contributed by atoms with van der Waals surface area (Å²) in [4.78, 5) is 16.5. The molecule has 1 aromatic carbocycles. The lowest BCUT2D eigenvalue weighted by molar-refractivity contribution is -0.137. The van der Waals surface area contributed by atoms with Crippen LogP contribution in [0.4, 0.5) is 0 Å². The number of hydrogen-bond acceptors (Lipinski definition) is 4. The Morgan fingerprint density at radius 3 is 2.59 bits per heavy atom. The maximum Gasteiger partial charge on any atom is 0.228 e. The van der Waals surface area contributed by atoms with Crippen molar-refractivity contribution in [1.82, 2.24) is 9.80 Å². The number of aliphatic hydroxyl groups is 1. The van der Waals surface area contributed by atoms with Crippen molar-refractivity contribution in [3.8, 4) is 0 Å². The molecule has 0 aromatic heterocycles. The van der Waals surface area contributed by atoms with E-state index in [0.29, 0.717) is 19.8 Å². The Balaban J connectivity index is 1.46. The van der Waals surface area contributed by atoms with Gasteiger partial charge < -0.3 is 14.7 Å². The highest BCUT2D eigenvalue weighted by Crippen LogP contribution is 2.18. The molecule has 1 N–H and O–H groups in total. The standard InChI is InChI=1S/C17H24N2O3/c20-16(14-4-2-1-3-5-14)12-18-7-9-19(10-8-18)17(21)15-6-11-22-13-15/h1-5,15-16,20H,6-13H2. The molecule has 22 heavy (non-hydrogen) atoms. The number of carbonyl (C=O) groups excluding carboxylic acids is 1. The molecule has 2 fully saturated rings. The fourth-order valence-electron chi connectivity index (χ4n) is 3.16. The summed E-state index contributed by atoms with van der Waals surface area (Å²) in [5.74, 6) is 0.294. The minimum Gasteiger partial charge on any atom is -0.387 e. The van der Waals surface area contributed by atoms with Crippen molar-refractivity contribution in [1.29, 1.82) is 0 Å². The van der Waals surface area contributed by atoms with Crippen LogP contribution >= 0.6 is 0 Å². The van der Waals surface area contributed by atoms with Crippen LogP contribution in [-0.4, -0.2) is 66.8 Å². The Labute approximate surface area is 131 Å². The Morgan fingerprint density at radius 1 is 1.23 bits per heavy atom. The first-order valence-corrected chi connectivity index (χ1v) is 8.06. The first-order valence-electron chi connectivity index (χ1n) is 8.06. The third-order valence-electron chi connectivity index (χ3n) is 4.58. The quantitative estimate of drug-likeness (QED) is 0.898. The van der Waals surface area contributed by atoms with Crippen molar-refractivity contribution in [3.63, 3.8) is 0 Å². The van der Waals surface area contributed by atoms with Crippen molar-refractivity contribution in [3.05, 3.63) is 35.9 Å². The molecule has 2 atom stereocenters. The lowest BCUT2D eigenvalue weighted by Crippen LogP contribution is -2.51. The van der Waals surface area contributed by atoms with E-state index in [1.54, 1.807) is 0 Å². The minimum absolute atomic E-state index is 0.0569. The fraction of sp³-hybridized carbons (Fsp3) is 0.588. The molecule has 0 aliphatic carbocycles. The molecule has 2 saturated heterocycles. The van der Waals surface area contributed by atoms with Gasteiger partial charge in [0.1, 0.15) is 0 Å². The van der Waals surface area contributed by atoms with E-state index in [-0.39, 0.29) is 11.8 Å². The molecule has 2 aliphatic rings. The van der Waals surface area contributed by atoms with Crippen molar-refractivity contribution >= 4 is 5.91 Å². The SMILES string of the molecule is O=C(C1CCOC1)N1CCN(CC(O)c2ccccc2)CC1. The lowest BCUT2D eigenvalue weighted by atomic mass is 10.1. The van der Waals surface area contributed by atoms with Gasteiger partial charge in [-0.2, -0.15) is 0 Å². The van der Waals surface area contributed by atoms with Crippen LogP contribution in [0.5, 0.6) is 0 Å². The number of benzene rings is 1. The second-order valence-electron chi connectivity index (χ2n) is 6.11. The number of ether oxygens (including phenoxy) is 1. The van der Waals surface area contributed by atoms with Crippen LogP contribution in [0, 0.1) is 5.92 Å². The van der Waals surface area contributed by atoms with Crippen molar-refractivity contribution in [2.45, 2.75) is 12.5 Å². The number of carbonyl (C=O) groups is 1. The van der Waals surface area contributed by atoms with E-state index in [4.69, 9.17) is 4.74 Å². The highest BCUT2D eigenvalue weighted by atomic mass is 16.5. The molecule has 0 spiro atoms. The van der Waals surface area contributed by atoms with E-state index in [0.717, 1.165) is 38.2 Å². The van der Waals surface area contributed by atoms with Crippen LogP contribution in [0.1, 0.15) is 18.1 Å². The number of aliphatic hydroxyl groups excluding tert-OH is 1. The number of rotatable bonds is 4. The molecule has 0 saturated carbocycles. The van der Waals surface area contributed by atoms with Gasteiger partial charge in [-0.15, -0.1) is 0 Å². The van der Waals surface area contributed by atoms with Crippen molar-refractivity contribution < 1.29 is 14.6 Å². The molecule has 2 heterocycles. The van der Waals surface area contributed by atoms with E-state index in [1.165, 1.54) is 0 Å². The van der Waals surface area contributed by atoms with Gasteiger partial charge in [-0.05, 0) is 12.0 Å². The summed E-state index contributed by atoms with van der Waals surface area (Å²) in [5.41, 5.74) is 0.948. The Kier molecular flexibility index (Phi) is 5.08. The molecular formula is C17H24N2O3. The van der Waals surface area contributed by atoms with Gasteiger partial charge in [0.2, 0.25) is 5.91 Å². The molecule has 2 unspecified atom stereocenters. The summed E-state index contributed by atoms with van der Waals surface area (Å²) in [6.07, 6.45) is 0.387. The summed E-state index contributed by atoms with van der Waals surface area (Å²) in [5, 5.41) is 10.3. The minimum atomic E-state index is -0.466. The highest BCUT2D eigenvalue weighted by molar-refractivity contribution is 5.79. The number of hydrogen-bond donors (Lipinski definition) is 1. The number of β-amino-alcohol motifs (C(OH)–C–C–N with tert-alkyl or cyclic N) is 1. The van der Waals surface area contributed by atoms with Gasteiger partial charge in [-0.3, -0.25) is 9.69 Å². The summed E-state index contributed by atoms with van der Waals surface area (Å²) in [6.45, 7) is 5.05. The summed E-state index contributed by atoms with van der Waals surface area (Å²) < 4.78 is 5.30. The van der Waals surface area contributed by atoms with Gasteiger partial charge in [-0.1, -0.05) is 30.3 Å². The normalized spacial score (nSPS) is 24.4. The van der Waals surface area contributed by atoms with Gasteiger partial charge in [0, 0.05) is 39.3 Å². The third-order valence-corrected chi connectivity index (χ3v) is 4.58. The molecule has 5 heteroatoms. The Morgan fingerprint density at radius 2 is 1.95 bits per heavy atom. The first kappa shape index (κ1) is 15.5. The smallest absolute Gasteiger partial charge is 0.228 e. The zero-order valence-electron chi connectivity index (χ0n) is 12.9. The molecule has 120 valence electrons. The number of piperazine rings is 1. The molecule has 0 radical (unpaired) electrons. The van der Waals surface area contributed by atoms with Crippen LogP contribution in [0.25, 0.3) is 0 Å². The van der Waals surface area contributed by atoms with Crippen molar-refractivity contribution in [2.24, 2.45) is 5.92 Å². The predicted molar refractivity (Wildman–Crippen MR) is 83.3 cm³/mol. The molecule has 1 aromatic rings. The number of nitrogens with zero attached hydrogens (tertiary/aromatic N) is 2. The average molecular weight is 304 g/mol. The van der Waals surface area contributed by atoms with E-state index in [1.807, 2.05) is 35.2 Å². The molecule has 5 nitrogen and oxygen atoms in total. The monoisotopic (exact) mass is 304 g/mol. The highest BCUT2D eigenvalue weighted by Gasteiger charge is 2.30. The fourth-order valence-corrected chi connectivity index (χ4v) is 3.16. The van der Waals surface area contributed by atoms with Crippen LogP contribution in [0.3, 0.4) is 0 Å². The van der Waals surface area contributed by atoms with Gasteiger partial charge in [0.25, 0.3) is 0 Å². The van der Waals surface area contributed by atoms with Gasteiger partial charge in [-0.25, -0.2) is 0 Å². The van der Waals surface area contributed by atoms with Crippen LogP contribution < -0.4 is 0 Å². The zero-order chi connectivity index (χ0) is 15.4. The van der Waals surface area contributed by atoms with Gasteiger partial charge >= 0.3 is 0 Å². The van der Waals surface area contributed by atoms with E-state index < -0.39 is 6.10 Å². The maximum absolute atomic E-state index is 12.3. The summed E-state index contributed by atoms with van der Waals surface area (Å²) in [7, 11) is 0. The summed E-state index contributed by atoms with van der Waals surface area (Å²) in [6, 6.07) is 9.74. The molecule has 0 bridgehead atoms. The van der Waals surface area contributed by atoms with Crippen LogP contribution in [0.2, 0.25) is 0 Å². The van der Waals surface area contributed by atoms with E-state index in [9.17, 15) is 9.90 Å². The predicted octanol–water partition coefficient (Wildman–Crippen LogP) is 0.901. The van der Waals surface area contributed by atoms with Crippen LogP contribution in [0.15, 0.2) is 30.3 Å². The maximum atomic E-state index is 12.3. The average Bonchev–Trinajstić information content (AvgIpc) is 3.10. The topological polar surface area (TPSA) is 53.0 Å². The Hall–Kier alpha value is -1.43. The second-order valence-corrected chi connectivity index (χ2v) is 6.11. The van der Waals surface area contributed by atoms with Crippen LogP contribution in [-0.2, 0) is 9.53 Å². The number of amides is 1. The van der Waals surface area contributed by atoms with Crippen molar-refractivity contribution in [2.75, 3.05) is 45.9 Å². The van der Waals surface area contributed by atoms with E-state index in [2.05, 4.69) is 4.90 Å².